The van der Waals surface area contributed by atoms with Gasteiger partial charge in [0.05, 0.1) is 7.11 Å². The zero-order chi connectivity index (χ0) is 16.7. The van der Waals surface area contributed by atoms with Crippen LogP contribution in [-0.4, -0.2) is 13.5 Å². The van der Waals surface area contributed by atoms with Crippen molar-refractivity contribution in [2.24, 2.45) is 0 Å². The monoisotopic (exact) mass is 291 g/mol. The van der Waals surface area contributed by atoms with Gasteiger partial charge in [-0.1, -0.05) is 38.1 Å². The molecule has 118 valence electrons. The second-order valence-electron chi connectivity index (χ2n) is 3.98. The molecule has 0 aliphatic carbocycles. The van der Waals surface area contributed by atoms with Crippen LogP contribution in [0.4, 0.5) is 0 Å². The Morgan fingerprint density at radius 3 is 2.19 bits per heavy atom. The normalized spacial score (nSPS) is 9.95. The van der Waals surface area contributed by atoms with Crippen LogP contribution in [0.2, 0.25) is 0 Å². The van der Waals surface area contributed by atoms with E-state index in [1.54, 1.807) is 7.11 Å². The van der Waals surface area contributed by atoms with Crippen LogP contribution >= 0.6 is 0 Å². The lowest BCUT2D eigenvalue weighted by atomic mass is 10.1. The van der Waals surface area contributed by atoms with Crippen LogP contribution in [0.15, 0.2) is 42.1 Å². The molecule has 0 fully saturated rings. The minimum Gasteiger partial charge on any atom is -0.496 e. The quantitative estimate of drug-likeness (QED) is 0.653. The van der Waals surface area contributed by atoms with Crippen molar-refractivity contribution in [2.75, 3.05) is 7.11 Å². The maximum absolute atomic E-state index is 9.86. The van der Waals surface area contributed by atoms with Gasteiger partial charge in [0.1, 0.15) is 5.75 Å². The van der Waals surface area contributed by atoms with Gasteiger partial charge in [0, 0.05) is 5.70 Å². The third-order valence-electron chi connectivity index (χ3n) is 2.45. The highest BCUT2D eigenvalue weighted by Gasteiger charge is 1.95. The predicted molar refractivity (Wildman–Crippen MR) is 91.6 cm³/mol. The molecule has 0 bridgehead atoms. The summed E-state index contributed by atoms with van der Waals surface area (Å²) in [4.78, 5) is 9.86. The van der Waals surface area contributed by atoms with E-state index in [-0.39, 0.29) is 0 Å². The van der Waals surface area contributed by atoms with Crippen LogP contribution in [0.5, 0.6) is 5.75 Å². The van der Waals surface area contributed by atoms with Gasteiger partial charge < -0.3 is 10.1 Å². The molecular weight excluding hydrogens is 262 g/mol. The first kappa shape index (κ1) is 21.3. The number of methoxy groups -OCH3 is 1. The lowest BCUT2D eigenvalue weighted by Crippen LogP contribution is -2.07. The number of rotatable bonds is 4. The average Bonchev–Trinajstić information content (AvgIpc) is 2.52. The number of hydrogen-bond acceptors (Lipinski definition) is 2. The fourth-order valence-corrected chi connectivity index (χ4v) is 1.40. The predicted octanol–water partition coefficient (Wildman–Crippen LogP) is 4.55. The molecule has 1 N–H and O–H groups in total. The first-order valence-electron chi connectivity index (χ1n) is 7.19. The Morgan fingerprint density at radius 1 is 1.19 bits per heavy atom. The summed E-state index contributed by atoms with van der Waals surface area (Å²) in [5, 5.41) is 2.53. The van der Waals surface area contributed by atoms with Crippen molar-refractivity contribution in [3.63, 3.8) is 0 Å². The molecule has 21 heavy (non-hydrogen) atoms. The van der Waals surface area contributed by atoms with E-state index >= 15 is 0 Å². The first-order chi connectivity index (χ1) is 10.1. The zero-order valence-electron chi connectivity index (χ0n) is 14.4. The molecule has 0 saturated carbocycles. The maximum atomic E-state index is 9.86. The number of carbonyl (C=O) groups excluding carboxylic acids is 1. The number of aryl methyl sites for hydroxylation is 2. The third kappa shape index (κ3) is 10.4. The van der Waals surface area contributed by atoms with Crippen LogP contribution in [-0.2, 0) is 4.79 Å². The van der Waals surface area contributed by atoms with E-state index in [0.29, 0.717) is 6.41 Å². The molecule has 0 radical (unpaired) electrons. The van der Waals surface area contributed by atoms with Crippen molar-refractivity contribution < 1.29 is 9.53 Å². The van der Waals surface area contributed by atoms with E-state index in [9.17, 15) is 4.79 Å². The van der Waals surface area contributed by atoms with Crippen LogP contribution in [0.25, 0.3) is 0 Å². The van der Waals surface area contributed by atoms with Crippen molar-refractivity contribution in [1.29, 1.82) is 0 Å². The molecule has 0 aliphatic rings. The summed E-state index contributed by atoms with van der Waals surface area (Å²) in [7, 11) is 1.70. The molecule has 0 aliphatic heterocycles. The smallest absolute Gasteiger partial charge is 0.211 e. The first-order valence-corrected chi connectivity index (χ1v) is 7.19. The summed E-state index contributed by atoms with van der Waals surface area (Å²) < 4.78 is 5.13. The zero-order valence-corrected chi connectivity index (χ0v) is 14.4. The minimum absolute atomic E-state index is 0.662. The van der Waals surface area contributed by atoms with Gasteiger partial charge in [-0.2, -0.15) is 0 Å². The van der Waals surface area contributed by atoms with E-state index in [1.807, 2.05) is 58.9 Å². The van der Waals surface area contributed by atoms with Crippen LogP contribution in [0, 0.1) is 13.8 Å². The molecule has 0 aromatic heterocycles. The summed E-state index contributed by atoms with van der Waals surface area (Å²) in [5.41, 5.74) is 3.25. The third-order valence-corrected chi connectivity index (χ3v) is 2.45. The Labute approximate surface area is 129 Å². The van der Waals surface area contributed by atoms with Gasteiger partial charge in [-0.25, -0.2) is 0 Å². The SMILES string of the molecule is C/C=C\C(=C/C)NC=O.CC.COc1cc(C)ccc1C. The number of benzene rings is 1. The molecule has 0 unspecified atom stereocenters. The topological polar surface area (TPSA) is 38.3 Å². The summed E-state index contributed by atoms with van der Waals surface area (Å²) in [5.74, 6) is 0.972. The van der Waals surface area contributed by atoms with Gasteiger partial charge >= 0.3 is 0 Å². The average molecular weight is 291 g/mol. The highest BCUT2D eigenvalue weighted by atomic mass is 16.5. The molecule has 0 saturated heterocycles. The highest BCUT2D eigenvalue weighted by molar-refractivity contribution is 5.51. The van der Waals surface area contributed by atoms with Crippen molar-refractivity contribution in [2.45, 2.75) is 41.5 Å². The number of amides is 1. The Hall–Kier alpha value is -2.03. The van der Waals surface area contributed by atoms with E-state index < -0.39 is 0 Å². The van der Waals surface area contributed by atoms with E-state index in [4.69, 9.17) is 4.74 Å². The Bertz CT molecular complexity index is 449. The van der Waals surface area contributed by atoms with Crippen LogP contribution in [0.3, 0.4) is 0 Å². The van der Waals surface area contributed by atoms with Crippen molar-refractivity contribution in [1.82, 2.24) is 5.32 Å². The molecule has 3 nitrogen and oxygen atoms in total. The van der Waals surface area contributed by atoms with Gasteiger partial charge in [0.25, 0.3) is 0 Å². The van der Waals surface area contributed by atoms with Gasteiger partial charge in [-0.3, -0.25) is 4.79 Å². The summed E-state index contributed by atoms with van der Waals surface area (Å²) in [6.45, 7) is 11.9. The molecule has 0 atom stereocenters. The highest BCUT2D eigenvalue weighted by Crippen LogP contribution is 2.17. The van der Waals surface area contributed by atoms with E-state index in [0.717, 1.165) is 11.4 Å². The van der Waals surface area contributed by atoms with Crippen molar-refractivity contribution in [3.8, 4) is 5.75 Å². The van der Waals surface area contributed by atoms with Gasteiger partial charge in [0.15, 0.2) is 0 Å². The van der Waals surface area contributed by atoms with E-state index in [2.05, 4.69) is 24.4 Å². The van der Waals surface area contributed by atoms with Gasteiger partial charge in [-0.05, 0) is 51.0 Å². The molecule has 1 aromatic carbocycles. The van der Waals surface area contributed by atoms with Gasteiger partial charge in [-0.15, -0.1) is 0 Å². The minimum atomic E-state index is 0.662. The number of ether oxygens (including phenoxy) is 1. The second-order valence-corrected chi connectivity index (χ2v) is 3.98. The van der Waals surface area contributed by atoms with E-state index in [1.165, 1.54) is 11.1 Å². The Kier molecular flexibility index (Phi) is 14.6. The van der Waals surface area contributed by atoms with Gasteiger partial charge in [0.2, 0.25) is 6.41 Å². The van der Waals surface area contributed by atoms with Crippen LogP contribution in [0.1, 0.15) is 38.8 Å². The largest absolute Gasteiger partial charge is 0.496 e. The summed E-state index contributed by atoms with van der Waals surface area (Å²) in [6, 6.07) is 6.18. The molecule has 0 heterocycles. The number of hydrogen-bond donors (Lipinski definition) is 1. The Morgan fingerprint density at radius 2 is 1.81 bits per heavy atom. The summed E-state index contributed by atoms with van der Waals surface area (Å²) >= 11 is 0. The molecular formula is C18H29NO2. The number of nitrogens with one attached hydrogen (secondary N) is 1. The van der Waals surface area contributed by atoms with Crippen molar-refractivity contribution >= 4 is 6.41 Å². The summed E-state index contributed by atoms with van der Waals surface area (Å²) in [6.07, 6.45) is 6.18. The second kappa shape index (κ2) is 14.4. The molecule has 1 rings (SSSR count). The lowest BCUT2D eigenvalue weighted by molar-refractivity contribution is -0.108. The fourth-order valence-electron chi connectivity index (χ4n) is 1.40. The number of allylic oxidation sites excluding steroid dienone is 3. The Balaban J connectivity index is 0. The fraction of sp³-hybridized carbons (Fsp3) is 0.389. The molecule has 3 heteroatoms. The number of carbonyl (C=O) groups is 1. The lowest BCUT2D eigenvalue weighted by Gasteiger charge is -2.03. The standard InChI is InChI=1S/C9H12O.C7H11NO.C2H6/c1-7-4-5-8(2)9(6-7)10-3;1-3-5-7(4-2)8-6-9;1-2/h4-6H,1-3H3;3-6H,1-2H3,(H,8,9);1-2H3/b;5-3-,7-4+;. The molecule has 1 aromatic rings. The molecule has 0 spiro atoms. The molecule has 1 amide bonds. The van der Waals surface area contributed by atoms with Crippen LogP contribution < -0.4 is 10.1 Å². The van der Waals surface area contributed by atoms with Crippen molar-refractivity contribution in [3.05, 3.63) is 53.3 Å². The maximum Gasteiger partial charge on any atom is 0.211 e.